The molecule has 0 unspecified atom stereocenters. The van der Waals surface area contributed by atoms with Gasteiger partial charge < -0.3 is 15.2 Å². The van der Waals surface area contributed by atoms with E-state index in [4.69, 9.17) is 15.2 Å². The predicted molar refractivity (Wildman–Crippen MR) is 65.9 cm³/mol. The highest BCUT2D eigenvalue weighted by atomic mass is 16.5. The van der Waals surface area contributed by atoms with Gasteiger partial charge in [0, 0.05) is 6.54 Å². The summed E-state index contributed by atoms with van der Waals surface area (Å²) in [4.78, 5) is 0. The van der Waals surface area contributed by atoms with Gasteiger partial charge in [-0.2, -0.15) is 0 Å². The van der Waals surface area contributed by atoms with E-state index in [9.17, 15) is 0 Å². The van der Waals surface area contributed by atoms with Crippen LogP contribution in [0.2, 0.25) is 0 Å². The Morgan fingerprint density at radius 1 is 1.00 bits per heavy atom. The van der Waals surface area contributed by atoms with E-state index in [1.54, 1.807) is 0 Å². The molecule has 0 spiro atoms. The summed E-state index contributed by atoms with van der Waals surface area (Å²) in [6, 6.07) is 5.87. The molecule has 1 aromatic rings. The lowest BCUT2D eigenvalue weighted by atomic mass is 10.2. The quantitative estimate of drug-likeness (QED) is 0.773. The highest BCUT2D eigenvalue weighted by molar-refractivity contribution is 5.43. The van der Waals surface area contributed by atoms with Crippen LogP contribution in [0.15, 0.2) is 18.2 Å². The lowest BCUT2D eigenvalue weighted by molar-refractivity contribution is 0.268. The van der Waals surface area contributed by atoms with Gasteiger partial charge in [0.1, 0.15) is 0 Å². The van der Waals surface area contributed by atoms with E-state index in [1.807, 2.05) is 18.2 Å². The first kappa shape index (κ1) is 12.8. The third kappa shape index (κ3) is 3.74. The van der Waals surface area contributed by atoms with Crippen LogP contribution >= 0.6 is 0 Å². The molecule has 0 amide bonds. The van der Waals surface area contributed by atoms with Crippen molar-refractivity contribution in [3.63, 3.8) is 0 Å². The molecule has 1 rings (SSSR count). The monoisotopic (exact) mass is 223 g/mol. The number of hydrogen-bond donors (Lipinski definition) is 1. The van der Waals surface area contributed by atoms with Crippen molar-refractivity contribution >= 4 is 0 Å². The summed E-state index contributed by atoms with van der Waals surface area (Å²) in [5, 5.41) is 0. The minimum Gasteiger partial charge on any atom is -0.490 e. The lowest BCUT2D eigenvalue weighted by Crippen LogP contribution is -2.03. The van der Waals surface area contributed by atoms with E-state index in [0.717, 1.165) is 29.9 Å². The fraction of sp³-hybridized carbons (Fsp3) is 0.538. The van der Waals surface area contributed by atoms with Crippen molar-refractivity contribution in [3.05, 3.63) is 23.8 Å². The van der Waals surface area contributed by atoms with Crippen molar-refractivity contribution in [3.8, 4) is 11.5 Å². The molecule has 0 bridgehead atoms. The highest BCUT2D eigenvalue weighted by Crippen LogP contribution is 2.28. The molecule has 16 heavy (non-hydrogen) atoms. The maximum absolute atomic E-state index is 5.65. The molecule has 0 radical (unpaired) electrons. The number of ether oxygens (including phenoxy) is 2. The number of hydrogen-bond acceptors (Lipinski definition) is 3. The molecule has 90 valence electrons. The maximum Gasteiger partial charge on any atom is 0.161 e. The smallest absolute Gasteiger partial charge is 0.161 e. The summed E-state index contributed by atoms with van der Waals surface area (Å²) >= 11 is 0. The fourth-order valence-electron chi connectivity index (χ4n) is 1.34. The molecule has 0 fully saturated rings. The normalized spacial score (nSPS) is 10.2. The Bertz CT molecular complexity index is 313. The van der Waals surface area contributed by atoms with E-state index in [1.165, 1.54) is 0 Å². The first-order chi connectivity index (χ1) is 7.81. The van der Waals surface area contributed by atoms with E-state index in [0.29, 0.717) is 19.8 Å². The van der Waals surface area contributed by atoms with Crippen LogP contribution in [0.25, 0.3) is 0 Å². The summed E-state index contributed by atoms with van der Waals surface area (Å²) in [6.45, 7) is 6.11. The lowest BCUT2D eigenvalue weighted by Gasteiger charge is -2.13. The van der Waals surface area contributed by atoms with Crippen LogP contribution < -0.4 is 15.2 Å². The Labute approximate surface area is 97.6 Å². The zero-order valence-electron chi connectivity index (χ0n) is 10.2. The predicted octanol–water partition coefficient (Wildman–Crippen LogP) is 2.72. The van der Waals surface area contributed by atoms with Gasteiger partial charge in [0.15, 0.2) is 11.5 Å². The molecule has 0 aliphatic heterocycles. The second kappa shape index (κ2) is 7.12. The molecule has 1 aromatic carbocycles. The molecule has 0 heterocycles. The van der Waals surface area contributed by atoms with E-state index < -0.39 is 0 Å². The maximum atomic E-state index is 5.65. The zero-order chi connectivity index (χ0) is 11.8. The van der Waals surface area contributed by atoms with Gasteiger partial charge in [0.2, 0.25) is 0 Å². The standard InChI is InChI=1S/C13H21NO2/c1-3-7-15-12-6-5-11(10-14)9-13(12)16-8-4-2/h5-6,9H,3-4,7-8,10,14H2,1-2H3. The first-order valence-electron chi connectivity index (χ1n) is 5.90. The second-order valence-electron chi connectivity index (χ2n) is 3.68. The Morgan fingerprint density at radius 2 is 1.62 bits per heavy atom. The van der Waals surface area contributed by atoms with E-state index in [-0.39, 0.29) is 0 Å². The topological polar surface area (TPSA) is 44.5 Å². The Morgan fingerprint density at radius 3 is 2.19 bits per heavy atom. The van der Waals surface area contributed by atoms with E-state index >= 15 is 0 Å². The van der Waals surface area contributed by atoms with Crippen molar-refractivity contribution in [1.29, 1.82) is 0 Å². The molecule has 2 N–H and O–H groups in total. The Balaban J connectivity index is 2.78. The highest BCUT2D eigenvalue weighted by Gasteiger charge is 2.05. The third-order valence-corrected chi connectivity index (χ3v) is 2.17. The van der Waals surface area contributed by atoms with Gasteiger partial charge in [0.25, 0.3) is 0 Å². The minimum absolute atomic E-state index is 0.524. The molecular formula is C13H21NO2. The average molecular weight is 223 g/mol. The van der Waals surface area contributed by atoms with Crippen molar-refractivity contribution in [2.45, 2.75) is 33.2 Å². The zero-order valence-corrected chi connectivity index (χ0v) is 10.2. The first-order valence-corrected chi connectivity index (χ1v) is 5.90. The molecule has 0 aliphatic rings. The summed E-state index contributed by atoms with van der Waals surface area (Å²) in [7, 11) is 0. The summed E-state index contributed by atoms with van der Waals surface area (Å²) in [6.07, 6.45) is 1.98. The van der Waals surface area contributed by atoms with Gasteiger partial charge in [-0.05, 0) is 30.5 Å². The van der Waals surface area contributed by atoms with Crippen LogP contribution in [0.3, 0.4) is 0 Å². The molecule has 3 nitrogen and oxygen atoms in total. The number of rotatable bonds is 7. The van der Waals surface area contributed by atoms with Gasteiger partial charge in [-0.3, -0.25) is 0 Å². The Kier molecular flexibility index (Phi) is 5.72. The third-order valence-electron chi connectivity index (χ3n) is 2.17. The van der Waals surface area contributed by atoms with Crippen LogP contribution in [0, 0.1) is 0 Å². The summed E-state index contributed by atoms with van der Waals surface area (Å²) in [5.41, 5.74) is 6.67. The van der Waals surface area contributed by atoms with Crippen molar-refractivity contribution in [2.75, 3.05) is 13.2 Å². The van der Waals surface area contributed by atoms with Crippen LogP contribution in [0.1, 0.15) is 32.3 Å². The van der Waals surface area contributed by atoms with Gasteiger partial charge in [-0.15, -0.1) is 0 Å². The van der Waals surface area contributed by atoms with Crippen molar-refractivity contribution < 1.29 is 9.47 Å². The number of nitrogens with two attached hydrogens (primary N) is 1. The van der Waals surface area contributed by atoms with Crippen LogP contribution in [0.5, 0.6) is 11.5 Å². The van der Waals surface area contributed by atoms with Crippen molar-refractivity contribution in [1.82, 2.24) is 0 Å². The van der Waals surface area contributed by atoms with Gasteiger partial charge >= 0.3 is 0 Å². The molecule has 0 aromatic heterocycles. The molecule has 0 saturated carbocycles. The minimum atomic E-state index is 0.524. The van der Waals surface area contributed by atoms with Crippen LogP contribution in [-0.2, 0) is 6.54 Å². The number of benzene rings is 1. The fourth-order valence-corrected chi connectivity index (χ4v) is 1.34. The molecule has 0 saturated heterocycles. The Hall–Kier alpha value is -1.22. The molecule has 3 heteroatoms. The summed E-state index contributed by atoms with van der Waals surface area (Å²) in [5.74, 6) is 1.62. The molecular weight excluding hydrogens is 202 g/mol. The summed E-state index contributed by atoms with van der Waals surface area (Å²) < 4.78 is 11.3. The van der Waals surface area contributed by atoms with Gasteiger partial charge in [0.05, 0.1) is 13.2 Å². The second-order valence-corrected chi connectivity index (χ2v) is 3.68. The van der Waals surface area contributed by atoms with Crippen LogP contribution in [-0.4, -0.2) is 13.2 Å². The van der Waals surface area contributed by atoms with E-state index in [2.05, 4.69) is 13.8 Å². The largest absolute Gasteiger partial charge is 0.490 e. The SMILES string of the molecule is CCCOc1ccc(CN)cc1OCCC. The van der Waals surface area contributed by atoms with Crippen molar-refractivity contribution in [2.24, 2.45) is 5.73 Å². The molecule has 0 aliphatic carbocycles. The van der Waals surface area contributed by atoms with Gasteiger partial charge in [-0.1, -0.05) is 19.9 Å². The average Bonchev–Trinajstić information content (AvgIpc) is 2.34. The van der Waals surface area contributed by atoms with Gasteiger partial charge in [-0.25, -0.2) is 0 Å². The molecule has 0 atom stereocenters. The van der Waals surface area contributed by atoms with Crippen LogP contribution in [0.4, 0.5) is 0 Å².